The molecule has 1 aliphatic carbocycles. The smallest absolute Gasteiger partial charge is 0.313 e. The van der Waals surface area contributed by atoms with Gasteiger partial charge in [-0.2, -0.15) is 5.10 Å². The summed E-state index contributed by atoms with van der Waals surface area (Å²) in [4.78, 5) is 10.7. The summed E-state index contributed by atoms with van der Waals surface area (Å²) >= 11 is 0. The maximum atomic E-state index is 12.7. The number of rotatable bonds is 3. The van der Waals surface area contributed by atoms with E-state index in [1.54, 1.807) is 11.1 Å². The molecule has 4 nitrogen and oxygen atoms in total. The highest BCUT2D eigenvalue weighted by atomic mass is 19.1. The molecule has 0 amide bonds. The lowest BCUT2D eigenvalue weighted by Gasteiger charge is -2.18. The lowest BCUT2D eigenvalue weighted by atomic mass is 10.0. The van der Waals surface area contributed by atoms with E-state index in [0.717, 1.165) is 5.57 Å². The van der Waals surface area contributed by atoms with Crippen LogP contribution < -0.4 is 0 Å². The van der Waals surface area contributed by atoms with Gasteiger partial charge in [0.1, 0.15) is 11.7 Å². The molecular weight excluding hydrogens is 211 g/mol. The van der Waals surface area contributed by atoms with Gasteiger partial charge in [0, 0.05) is 12.6 Å². The number of hydrogen-bond acceptors (Lipinski definition) is 3. The third-order valence-corrected chi connectivity index (χ3v) is 2.70. The molecule has 0 radical (unpaired) electrons. The fourth-order valence-electron chi connectivity index (χ4n) is 1.76. The Hall–Kier alpha value is -1.65. The Morgan fingerprint density at radius 2 is 2.38 bits per heavy atom. The number of nitrogens with zero attached hydrogens (tertiary/aromatic N) is 2. The van der Waals surface area contributed by atoms with Crippen molar-refractivity contribution in [1.82, 2.24) is 5.01 Å². The van der Waals surface area contributed by atoms with Crippen LogP contribution in [0.15, 0.2) is 28.7 Å². The Bertz CT molecular complexity index is 387. The quantitative estimate of drug-likeness (QED) is 0.791. The molecule has 16 heavy (non-hydrogen) atoms. The third kappa shape index (κ3) is 2.48. The lowest BCUT2D eigenvalue weighted by molar-refractivity contribution is -0.139. The maximum absolute atomic E-state index is 12.7. The van der Waals surface area contributed by atoms with Crippen molar-refractivity contribution in [1.29, 1.82) is 0 Å². The van der Waals surface area contributed by atoms with Crippen LogP contribution in [-0.4, -0.2) is 35.4 Å². The number of carbonyl (C=O) groups is 1. The van der Waals surface area contributed by atoms with Gasteiger partial charge in [0.2, 0.25) is 0 Å². The molecule has 0 aromatic rings. The molecule has 5 heteroatoms. The molecule has 1 atom stereocenters. The third-order valence-electron chi connectivity index (χ3n) is 2.70. The summed E-state index contributed by atoms with van der Waals surface area (Å²) < 4.78 is 12.7. The average molecular weight is 224 g/mol. The van der Waals surface area contributed by atoms with Crippen molar-refractivity contribution in [3.05, 3.63) is 23.6 Å². The molecule has 1 aliphatic heterocycles. The van der Waals surface area contributed by atoms with Gasteiger partial charge in [0.05, 0.1) is 13.1 Å². The lowest BCUT2D eigenvalue weighted by Crippen LogP contribution is -2.25. The zero-order chi connectivity index (χ0) is 11.5. The first kappa shape index (κ1) is 10.9. The first-order valence-corrected chi connectivity index (χ1v) is 5.21. The number of allylic oxidation sites excluding steroid dienone is 3. The number of hydrogen-bond donors (Lipinski definition) is 1. The van der Waals surface area contributed by atoms with Gasteiger partial charge in [-0.3, -0.25) is 9.80 Å². The number of aliphatic carboxylic acids is 1. The van der Waals surface area contributed by atoms with Crippen LogP contribution in [0.3, 0.4) is 0 Å². The molecule has 0 saturated carbocycles. The average Bonchev–Trinajstić information content (AvgIpc) is 2.70. The summed E-state index contributed by atoms with van der Waals surface area (Å²) in [6.45, 7) is 0.989. The second-order valence-electron chi connectivity index (χ2n) is 3.99. The molecule has 0 fully saturated rings. The minimum Gasteiger partial charge on any atom is -0.481 e. The van der Waals surface area contributed by atoms with Crippen LogP contribution in [0, 0.1) is 5.92 Å². The predicted molar refractivity (Wildman–Crippen MR) is 57.7 cm³/mol. The van der Waals surface area contributed by atoms with E-state index in [4.69, 9.17) is 5.11 Å². The Balaban J connectivity index is 1.89. The number of carboxylic acids is 1. The van der Waals surface area contributed by atoms with Crippen molar-refractivity contribution in [3.63, 3.8) is 0 Å². The van der Waals surface area contributed by atoms with Crippen molar-refractivity contribution in [2.45, 2.75) is 12.8 Å². The zero-order valence-corrected chi connectivity index (χ0v) is 8.77. The summed E-state index contributed by atoms with van der Waals surface area (Å²) in [7, 11) is 0. The first-order valence-electron chi connectivity index (χ1n) is 5.21. The van der Waals surface area contributed by atoms with Gasteiger partial charge in [-0.15, -0.1) is 0 Å². The van der Waals surface area contributed by atoms with Crippen LogP contribution in [-0.2, 0) is 4.79 Å². The van der Waals surface area contributed by atoms with Crippen LogP contribution >= 0.6 is 0 Å². The van der Waals surface area contributed by atoms with Gasteiger partial charge in [0.15, 0.2) is 0 Å². The Labute approximate surface area is 92.7 Å². The number of carboxylic acid groups (broad SMARTS) is 1. The van der Waals surface area contributed by atoms with E-state index in [2.05, 4.69) is 5.10 Å². The Morgan fingerprint density at radius 3 is 2.94 bits per heavy atom. The van der Waals surface area contributed by atoms with E-state index in [0.29, 0.717) is 25.9 Å². The van der Waals surface area contributed by atoms with Crippen molar-refractivity contribution < 1.29 is 14.3 Å². The predicted octanol–water partition coefficient (Wildman–Crippen LogP) is 1.56. The van der Waals surface area contributed by atoms with Crippen LogP contribution in [0.5, 0.6) is 0 Å². The van der Waals surface area contributed by atoms with Gasteiger partial charge in [-0.1, -0.05) is 6.08 Å². The Kier molecular flexibility index (Phi) is 3.03. The van der Waals surface area contributed by atoms with Crippen molar-refractivity contribution in [3.8, 4) is 0 Å². The molecule has 0 saturated heterocycles. The number of hydrazone groups is 1. The van der Waals surface area contributed by atoms with Crippen molar-refractivity contribution >= 4 is 12.2 Å². The highest BCUT2D eigenvalue weighted by Gasteiger charge is 2.24. The zero-order valence-electron chi connectivity index (χ0n) is 8.77. The van der Waals surface area contributed by atoms with E-state index in [9.17, 15) is 9.18 Å². The van der Waals surface area contributed by atoms with E-state index in [1.807, 2.05) is 0 Å². The fraction of sp³-hybridized carbons (Fsp3) is 0.455. The summed E-state index contributed by atoms with van der Waals surface area (Å²) in [5.41, 5.74) is 1.09. The maximum Gasteiger partial charge on any atom is 0.313 e. The fourth-order valence-corrected chi connectivity index (χ4v) is 1.76. The summed E-state index contributed by atoms with van der Waals surface area (Å²) in [5.74, 6) is -1.47. The van der Waals surface area contributed by atoms with Crippen molar-refractivity contribution in [2.24, 2.45) is 11.0 Å². The highest BCUT2D eigenvalue weighted by Crippen LogP contribution is 2.21. The molecule has 2 rings (SSSR count). The van der Waals surface area contributed by atoms with Crippen molar-refractivity contribution in [2.75, 3.05) is 13.1 Å². The summed E-state index contributed by atoms with van der Waals surface area (Å²) in [5, 5.41) is 14.5. The summed E-state index contributed by atoms with van der Waals surface area (Å²) in [6, 6.07) is 0. The molecule has 86 valence electrons. The minimum atomic E-state index is -0.852. The monoisotopic (exact) mass is 224 g/mol. The molecule has 0 aromatic heterocycles. The van der Waals surface area contributed by atoms with Gasteiger partial charge in [0.25, 0.3) is 0 Å². The highest BCUT2D eigenvalue weighted by molar-refractivity contribution is 5.89. The van der Waals surface area contributed by atoms with Crippen LogP contribution in [0.4, 0.5) is 4.39 Å². The van der Waals surface area contributed by atoms with Gasteiger partial charge >= 0.3 is 5.97 Å². The largest absolute Gasteiger partial charge is 0.481 e. The Morgan fingerprint density at radius 1 is 1.56 bits per heavy atom. The molecule has 1 unspecified atom stereocenters. The van der Waals surface area contributed by atoms with Gasteiger partial charge < -0.3 is 5.11 Å². The topological polar surface area (TPSA) is 52.9 Å². The number of halogens is 1. The second-order valence-corrected chi connectivity index (χ2v) is 3.99. The molecule has 0 bridgehead atoms. The second kappa shape index (κ2) is 4.47. The standard InChI is InChI=1S/C11H13FN2O2/c12-10-3-1-8(2-4-10)6-14-7-9(5-13-14)11(15)16/h1,3,5,9H,2,4,6-7H2,(H,15,16). The van der Waals surface area contributed by atoms with E-state index in [-0.39, 0.29) is 5.83 Å². The molecule has 2 aliphatic rings. The molecule has 0 spiro atoms. The van der Waals surface area contributed by atoms with Gasteiger partial charge in [-0.05, 0) is 18.1 Å². The molecular formula is C11H13FN2O2. The van der Waals surface area contributed by atoms with Crippen LogP contribution in [0.25, 0.3) is 0 Å². The van der Waals surface area contributed by atoms with E-state index >= 15 is 0 Å². The van der Waals surface area contributed by atoms with E-state index in [1.165, 1.54) is 12.3 Å². The molecule has 1 N–H and O–H groups in total. The van der Waals surface area contributed by atoms with Gasteiger partial charge in [-0.25, -0.2) is 4.39 Å². The molecule has 0 aromatic carbocycles. The SMILES string of the molecule is O=C(O)C1C=NN(CC2=CC=C(F)CC2)C1. The van der Waals surface area contributed by atoms with E-state index < -0.39 is 11.9 Å². The minimum absolute atomic E-state index is 0.0999. The van der Waals surface area contributed by atoms with Crippen LogP contribution in [0.1, 0.15) is 12.8 Å². The van der Waals surface area contributed by atoms with Crippen LogP contribution in [0.2, 0.25) is 0 Å². The first-order chi connectivity index (χ1) is 7.65. The normalized spacial score (nSPS) is 24.3. The molecule has 1 heterocycles. The summed E-state index contributed by atoms with van der Waals surface area (Å²) in [6.07, 6.45) is 5.79.